The van der Waals surface area contributed by atoms with E-state index in [1.165, 1.54) is 30.3 Å². The molecule has 0 bridgehead atoms. The number of amides is 1. The second-order valence-electron chi connectivity index (χ2n) is 6.77. The van der Waals surface area contributed by atoms with Crippen LogP contribution in [0.15, 0.2) is 42.9 Å². The number of aryl methyl sites for hydroxylation is 1. The Hall–Kier alpha value is -1.91. The first-order valence-electron chi connectivity index (χ1n) is 8.90. The van der Waals surface area contributed by atoms with Crippen LogP contribution in [0, 0.1) is 5.82 Å². The Bertz CT molecular complexity index is 1040. The van der Waals surface area contributed by atoms with Gasteiger partial charge in [-0.15, -0.1) is 11.3 Å². The van der Waals surface area contributed by atoms with E-state index in [1.54, 1.807) is 17.7 Å². The molecule has 2 unspecified atom stereocenters. The van der Waals surface area contributed by atoms with E-state index in [-0.39, 0.29) is 23.0 Å². The Morgan fingerprint density at radius 3 is 2.90 bits per heavy atom. The molecule has 2 aromatic heterocycles. The molecule has 0 radical (unpaired) electrons. The third kappa shape index (κ3) is 4.34. The van der Waals surface area contributed by atoms with Crippen molar-refractivity contribution in [3.63, 3.8) is 0 Å². The lowest BCUT2D eigenvalue weighted by Gasteiger charge is -2.35. The maximum absolute atomic E-state index is 13.4. The number of likely N-dealkylation sites (N-methyl/N-ethyl adjacent to an activating group) is 1. The molecule has 4 rings (SSSR count). The third-order valence-electron chi connectivity index (χ3n) is 4.77. The number of anilines is 1. The predicted octanol–water partition coefficient (Wildman–Crippen LogP) is 4.48. The van der Waals surface area contributed by atoms with E-state index in [1.807, 2.05) is 29.2 Å². The van der Waals surface area contributed by atoms with Gasteiger partial charge in [0.1, 0.15) is 11.9 Å². The Morgan fingerprint density at radius 1 is 1.34 bits per heavy atom. The van der Waals surface area contributed by atoms with Crippen LogP contribution < -0.4 is 10.0 Å². The van der Waals surface area contributed by atoms with Crippen molar-refractivity contribution in [3.8, 4) is 10.6 Å². The Labute approximate surface area is 181 Å². The van der Waals surface area contributed by atoms with E-state index in [2.05, 4.69) is 27.2 Å². The van der Waals surface area contributed by atoms with Crippen LogP contribution in [-0.4, -0.2) is 32.9 Å². The highest BCUT2D eigenvalue weighted by molar-refractivity contribution is 7.95. The van der Waals surface area contributed by atoms with Crippen LogP contribution in [0.3, 0.4) is 0 Å². The highest BCUT2D eigenvalue weighted by atomic mass is 35.5. The SMILES string of the molecule is CN1SNC(c2ccc(-c3cncn3C)s2)CC1C(=O)Nc1ccc(F)c(Cl)c1. The first-order valence-corrected chi connectivity index (χ1v) is 10.9. The van der Waals surface area contributed by atoms with Crippen LogP contribution in [0.5, 0.6) is 0 Å². The summed E-state index contributed by atoms with van der Waals surface area (Å²) in [4.78, 5) is 19.3. The molecule has 1 aliphatic heterocycles. The smallest absolute Gasteiger partial charge is 0.242 e. The summed E-state index contributed by atoms with van der Waals surface area (Å²) in [6.07, 6.45) is 4.23. The number of thiophene rings is 1. The van der Waals surface area contributed by atoms with Gasteiger partial charge >= 0.3 is 0 Å². The topological polar surface area (TPSA) is 62.2 Å². The molecule has 3 heterocycles. The van der Waals surface area contributed by atoms with Crippen molar-refractivity contribution in [1.82, 2.24) is 18.6 Å². The lowest BCUT2D eigenvalue weighted by Crippen LogP contribution is -2.45. The van der Waals surface area contributed by atoms with Gasteiger partial charge in [-0.2, -0.15) is 0 Å². The quantitative estimate of drug-likeness (QED) is 0.573. The fraction of sp³-hybridized carbons (Fsp3) is 0.263. The molecule has 1 fully saturated rings. The van der Waals surface area contributed by atoms with Gasteiger partial charge in [0.25, 0.3) is 0 Å². The average Bonchev–Trinajstić information content (AvgIpc) is 3.34. The summed E-state index contributed by atoms with van der Waals surface area (Å²) in [7, 11) is 3.83. The number of halogens is 2. The monoisotopic (exact) mass is 451 g/mol. The van der Waals surface area contributed by atoms with Crippen molar-refractivity contribution in [2.45, 2.75) is 18.5 Å². The Morgan fingerprint density at radius 2 is 2.17 bits per heavy atom. The van der Waals surface area contributed by atoms with E-state index in [9.17, 15) is 9.18 Å². The Balaban J connectivity index is 1.48. The molecule has 2 N–H and O–H groups in total. The van der Waals surface area contributed by atoms with Gasteiger partial charge in [-0.05, 0) is 43.8 Å². The van der Waals surface area contributed by atoms with Gasteiger partial charge in [-0.1, -0.05) is 11.6 Å². The minimum atomic E-state index is -0.513. The lowest BCUT2D eigenvalue weighted by atomic mass is 10.1. The highest BCUT2D eigenvalue weighted by Gasteiger charge is 2.33. The van der Waals surface area contributed by atoms with E-state index in [0.717, 1.165) is 15.4 Å². The van der Waals surface area contributed by atoms with E-state index >= 15 is 0 Å². The van der Waals surface area contributed by atoms with E-state index in [4.69, 9.17) is 11.6 Å². The zero-order chi connectivity index (χ0) is 20.5. The fourth-order valence-corrected chi connectivity index (χ4v) is 5.35. The fourth-order valence-electron chi connectivity index (χ4n) is 3.15. The van der Waals surface area contributed by atoms with Gasteiger partial charge in [-0.25, -0.2) is 18.4 Å². The molecule has 0 spiro atoms. The summed E-state index contributed by atoms with van der Waals surface area (Å²) in [5.74, 6) is -0.668. The maximum Gasteiger partial charge on any atom is 0.242 e. The molecule has 1 aliphatic rings. The van der Waals surface area contributed by atoms with Gasteiger partial charge in [-0.3, -0.25) is 4.79 Å². The van der Waals surface area contributed by atoms with Crippen LogP contribution in [0.2, 0.25) is 5.02 Å². The second kappa shape index (κ2) is 8.45. The van der Waals surface area contributed by atoms with Crippen LogP contribution in [-0.2, 0) is 11.8 Å². The van der Waals surface area contributed by atoms with E-state index < -0.39 is 5.82 Å². The van der Waals surface area contributed by atoms with Crippen molar-refractivity contribution in [3.05, 3.63) is 58.6 Å². The molecule has 29 heavy (non-hydrogen) atoms. The van der Waals surface area contributed by atoms with Crippen molar-refractivity contribution < 1.29 is 9.18 Å². The summed E-state index contributed by atoms with van der Waals surface area (Å²) in [6.45, 7) is 0. The number of carbonyl (C=O) groups is 1. The number of hydrogen-bond acceptors (Lipinski definition) is 6. The van der Waals surface area contributed by atoms with Crippen LogP contribution in [0.4, 0.5) is 10.1 Å². The normalized spacial score (nSPS) is 20.0. The third-order valence-corrected chi connectivity index (χ3v) is 7.21. The van der Waals surface area contributed by atoms with Crippen molar-refractivity contribution >= 4 is 46.7 Å². The number of benzene rings is 1. The summed E-state index contributed by atoms with van der Waals surface area (Å²) >= 11 is 8.91. The molecule has 1 amide bonds. The summed E-state index contributed by atoms with van der Waals surface area (Å²) < 4.78 is 20.6. The van der Waals surface area contributed by atoms with Crippen molar-refractivity contribution in [2.24, 2.45) is 7.05 Å². The van der Waals surface area contributed by atoms with Crippen molar-refractivity contribution in [1.29, 1.82) is 0 Å². The second-order valence-corrected chi connectivity index (χ2v) is 9.29. The van der Waals surface area contributed by atoms with Gasteiger partial charge in [0.05, 0.1) is 34.2 Å². The van der Waals surface area contributed by atoms with Gasteiger partial charge in [0.2, 0.25) is 5.91 Å². The molecule has 2 atom stereocenters. The number of aromatic nitrogens is 2. The van der Waals surface area contributed by atoms with Gasteiger partial charge in [0, 0.05) is 29.7 Å². The zero-order valence-electron chi connectivity index (χ0n) is 15.7. The van der Waals surface area contributed by atoms with Crippen LogP contribution in [0.25, 0.3) is 10.6 Å². The van der Waals surface area contributed by atoms with Crippen LogP contribution in [0.1, 0.15) is 17.3 Å². The minimum absolute atomic E-state index is 0.0185. The predicted molar refractivity (Wildman–Crippen MR) is 116 cm³/mol. The van der Waals surface area contributed by atoms with E-state index in [0.29, 0.717) is 12.1 Å². The summed E-state index contributed by atoms with van der Waals surface area (Å²) in [5.41, 5.74) is 1.54. The molecular formula is C19H19ClFN5OS2. The number of nitrogens with zero attached hydrogens (tertiary/aromatic N) is 3. The number of imidazole rings is 1. The first-order chi connectivity index (χ1) is 13.9. The molecule has 0 saturated carbocycles. The van der Waals surface area contributed by atoms with Gasteiger partial charge in [0.15, 0.2) is 0 Å². The summed E-state index contributed by atoms with van der Waals surface area (Å²) in [5, 5.41) is 2.82. The highest BCUT2D eigenvalue weighted by Crippen LogP contribution is 2.37. The van der Waals surface area contributed by atoms with Crippen LogP contribution >= 0.6 is 35.1 Å². The number of hydrogen-bond donors (Lipinski definition) is 2. The van der Waals surface area contributed by atoms with Crippen molar-refractivity contribution in [2.75, 3.05) is 12.4 Å². The van der Waals surface area contributed by atoms with Gasteiger partial charge < -0.3 is 9.88 Å². The lowest BCUT2D eigenvalue weighted by molar-refractivity contribution is -0.119. The minimum Gasteiger partial charge on any atom is -0.333 e. The Kier molecular flexibility index (Phi) is 5.93. The average molecular weight is 452 g/mol. The maximum atomic E-state index is 13.4. The molecule has 6 nitrogen and oxygen atoms in total. The molecule has 152 valence electrons. The zero-order valence-corrected chi connectivity index (χ0v) is 18.1. The first kappa shape index (κ1) is 20.4. The molecular weight excluding hydrogens is 433 g/mol. The standard InChI is InChI=1S/C19H19ClFN5OS2/c1-25-10-22-9-16(25)18-6-5-17(28-18)14-8-15(26(2)29-24-14)19(27)23-11-3-4-13(21)12(20)7-11/h3-7,9-10,14-15,24H,8H2,1-2H3,(H,23,27). The molecule has 1 saturated heterocycles. The number of rotatable bonds is 4. The molecule has 1 aromatic carbocycles. The summed E-state index contributed by atoms with van der Waals surface area (Å²) in [6, 6.07) is 8.02. The number of nitrogens with one attached hydrogen (secondary N) is 2. The molecule has 0 aliphatic carbocycles. The molecule has 3 aromatic rings. The number of carbonyl (C=O) groups excluding carboxylic acids is 1. The largest absolute Gasteiger partial charge is 0.333 e. The molecule has 10 heteroatoms.